The molecule has 12 heteroatoms. The topological polar surface area (TPSA) is 158 Å². The van der Waals surface area contributed by atoms with Crippen LogP contribution in [0.1, 0.15) is 24.2 Å². The molecule has 0 aliphatic heterocycles. The van der Waals surface area contributed by atoms with E-state index in [0.29, 0.717) is 34.1 Å². The van der Waals surface area contributed by atoms with Crippen LogP contribution in [0.25, 0.3) is 28.0 Å². The second-order valence-corrected chi connectivity index (χ2v) is 7.64. The third-order valence-corrected chi connectivity index (χ3v) is 5.42. The summed E-state index contributed by atoms with van der Waals surface area (Å²) in [4.78, 5) is 23.3. The van der Waals surface area contributed by atoms with Crippen LogP contribution in [-0.2, 0) is 7.05 Å². The molecule has 4 heterocycles. The van der Waals surface area contributed by atoms with Gasteiger partial charge in [0.1, 0.15) is 29.3 Å². The van der Waals surface area contributed by atoms with Crippen LogP contribution in [0.4, 0.5) is 11.6 Å². The van der Waals surface area contributed by atoms with Gasteiger partial charge in [0.25, 0.3) is 5.56 Å². The van der Waals surface area contributed by atoms with Crippen LogP contribution in [0.5, 0.6) is 0 Å². The summed E-state index contributed by atoms with van der Waals surface area (Å²) < 4.78 is 1.62. The first-order chi connectivity index (χ1) is 15.9. The summed E-state index contributed by atoms with van der Waals surface area (Å²) in [5.41, 5.74) is 8.02. The van der Waals surface area contributed by atoms with Crippen molar-refractivity contribution in [3.8, 4) is 17.2 Å². The molecule has 166 valence electrons. The van der Waals surface area contributed by atoms with E-state index in [1.165, 1.54) is 11.1 Å². The normalized spacial score (nSPS) is 12.2. The van der Waals surface area contributed by atoms with E-state index >= 15 is 0 Å². The molecule has 0 aliphatic rings. The molecule has 0 saturated carbocycles. The van der Waals surface area contributed by atoms with Gasteiger partial charge >= 0.3 is 0 Å². The SMILES string of the molecule is Cc1cccc2cc(C(C)Nc3ncnc(N)c3-c3nnn(C)n3)n(-c3ccn[nH]3)c(=O)c12. The van der Waals surface area contributed by atoms with E-state index in [2.05, 4.69) is 40.9 Å². The number of rotatable bonds is 5. The molecule has 0 aliphatic carbocycles. The first-order valence-electron chi connectivity index (χ1n) is 10.2. The van der Waals surface area contributed by atoms with Crippen molar-refractivity contribution in [2.24, 2.45) is 7.05 Å². The number of nitrogens with zero attached hydrogens (tertiary/aromatic N) is 8. The lowest BCUT2D eigenvalue weighted by Crippen LogP contribution is -2.26. The summed E-state index contributed by atoms with van der Waals surface area (Å²) in [6.45, 7) is 3.85. The molecule has 0 saturated heterocycles. The molecule has 0 bridgehead atoms. The number of aryl methyl sites for hydroxylation is 2. The summed E-state index contributed by atoms with van der Waals surface area (Å²) in [6.07, 6.45) is 2.96. The van der Waals surface area contributed by atoms with Gasteiger partial charge in [-0.15, -0.1) is 10.2 Å². The number of nitrogens with one attached hydrogen (secondary N) is 2. The first kappa shape index (κ1) is 20.3. The predicted molar refractivity (Wildman–Crippen MR) is 123 cm³/mol. The number of hydrogen-bond donors (Lipinski definition) is 3. The second kappa shape index (κ2) is 7.82. The number of tetrazole rings is 1. The van der Waals surface area contributed by atoms with Crippen LogP contribution in [0.2, 0.25) is 0 Å². The number of aromatic nitrogens is 9. The highest BCUT2D eigenvalue weighted by molar-refractivity contribution is 5.86. The van der Waals surface area contributed by atoms with Crippen LogP contribution in [-0.4, -0.2) is 44.9 Å². The lowest BCUT2D eigenvalue weighted by molar-refractivity contribution is 0.630. The third-order valence-electron chi connectivity index (χ3n) is 5.42. The molecule has 5 aromatic rings. The van der Waals surface area contributed by atoms with Gasteiger partial charge in [0.15, 0.2) is 0 Å². The highest BCUT2D eigenvalue weighted by Crippen LogP contribution is 2.31. The third kappa shape index (κ3) is 3.46. The van der Waals surface area contributed by atoms with Crippen molar-refractivity contribution in [3.63, 3.8) is 0 Å². The highest BCUT2D eigenvalue weighted by Gasteiger charge is 2.22. The molecule has 33 heavy (non-hydrogen) atoms. The Morgan fingerprint density at radius 1 is 1.21 bits per heavy atom. The maximum Gasteiger partial charge on any atom is 0.264 e. The molecule has 4 N–H and O–H groups in total. The van der Waals surface area contributed by atoms with E-state index < -0.39 is 0 Å². The summed E-state index contributed by atoms with van der Waals surface area (Å²) in [5, 5.41) is 23.9. The van der Waals surface area contributed by atoms with Gasteiger partial charge in [-0.05, 0) is 36.1 Å². The Balaban J connectivity index is 1.66. The van der Waals surface area contributed by atoms with Crippen molar-refractivity contribution in [1.82, 2.24) is 44.9 Å². The minimum absolute atomic E-state index is 0.142. The molecule has 4 aromatic heterocycles. The highest BCUT2D eigenvalue weighted by atomic mass is 16.1. The smallest absolute Gasteiger partial charge is 0.264 e. The standard InChI is InChI=1S/C21H21N11O/c1-11-5-4-6-13-9-14(32(21(33)16(11)13)15-7-8-25-27-15)12(2)26-19-17(18(22)23-10-24-19)20-28-30-31(3)29-20/h4-10,12H,1-3H3,(H,25,27)(H3,22,23,24,26). The number of aromatic amines is 1. The Hall–Kier alpha value is -4.61. The van der Waals surface area contributed by atoms with Crippen molar-refractivity contribution in [2.75, 3.05) is 11.1 Å². The first-order valence-corrected chi connectivity index (χ1v) is 10.2. The number of nitrogen functional groups attached to an aromatic ring is 1. The monoisotopic (exact) mass is 443 g/mol. The maximum atomic E-state index is 13.6. The van der Waals surface area contributed by atoms with Crippen molar-refractivity contribution in [3.05, 3.63) is 64.5 Å². The molecular formula is C21H21N11O. The average molecular weight is 443 g/mol. The number of pyridine rings is 1. The number of nitrogens with two attached hydrogens (primary N) is 1. The molecule has 5 rings (SSSR count). The summed E-state index contributed by atoms with van der Waals surface area (Å²) in [6, 6.07) is 9.14. The van der Waals surface area contributed by atoms with Gasteiger partial charge < -0.3 is 11.1 Å². The maximum absolute atomic E-state index is 13.6. The van der Waals surface area contributed by atoms with Crippen LogP contribution >= 0.6 is 0 Å². The molecule has 1 atom stereocenters. The Bertz CT molecular complexity index is 1520. The Morgan fingerprint density at radius 3 is 2.79 bits per heavy atom. The van der Waals surface area contributed by atoms with Gasteiger partial charge in [-0.25, -0.2) is 9.97 Å². The molecule has 12 nitrogen and oxygen atoms in total. The van der Waals surface area contributed by atoms with E-state index in [-0.39, 0.29) is 17.4 Å². The zero-order valence-electron chi connectivity index (χ0n) is 18.2. The molecule has 0 radical (unpaired) electrons. The van der Waals surface area contributed by atoms with Crippen LogP contribution < -0.4 is 16.6 Å². The minimum Gasteiger partial charge on any atom is -0.383 e. The van der Waals surface area contributed by atoms with Crippen molar-refractivity contribution >= 4 is 22.4 Å². The second-order valence-electron chi connectivity index (χ2n) is 7.64. The lowest BCUT2D eigenvalue weighted by atomic mass is 10.0. The number of H-pyrrole nitrogens is 1. The summed E-state index contributed by atoms with van der Waals surface area (Å²) in [7, 11) is 1.66. The van der Waals surface area contributed by atoms with E-state index in [4.69, 9.17) is 5.73 Å². The molecule has 0 amide bonds. The van der Waals surface area contributed by atoms with Gasteiger partial charge in [-0.3, -0.25) is 14.5 Å². The number of fused-ring (bicyclic) bond motifs is 1. The Labute approximate surface area is 187 Å². The number of benzene rings is 1. The molecule has 1 unspecified atom stereocenters. The summed E-state index contributed by atoms with van der Waals surface area (Å²) in [5.74, 6) is 1.50. The van der Waals surface area contributed by atoms with Crippen molar-refractivity contribution < 1.29 is 0 Å². The predicted octanol–water partition coefficient (Wildman–Crippen LogP) is 1.76. The molecule has 0 fully saturated rings. The number of anilines is 2. The van der Waals surface area contributed by atoms with Crippen LogP contribution in [0, 0.1) is 6.92 Å². The summed E-state index contributed by atoms with van der Waals surface area (Å²) >= 11 is 0. The quantitative estimate of drug-likeness (QED) is 0.368. The Kier molecular flexibility index (Phi) is 4.81. The van der Waals surface area contributed by atoms with Gasteiger partial charge in [0, 0.05) is 6.07 Å². The van der Waals surface area contributed by atoms with Crippen LogP contribution in [0.15, 0.2) is 47.7 Å². The van der Waals surface area contributed by atoms with Crippen LogP contribution in [0.3, 0.4) is 0 Å². The molecule has 0 spiro atoms. The fraction of sp³-hybridized carbons (Fsp3) is 0.190. The zero-order valence-corrected chi connectivity index (χ0v) is 18.2. The van der Waals surface area contributed by atoms with Crippen molar-refractivity contribution in [2.45, 2.75) is 19.9 Å². The van der Waals surface area contributed by atoms with E-state index in [9.17, 15) is 4.79 Å². The average Bonchev–Trinajstić information content (AvgIpc) is 3.45. The van der Waals surface area contributed by atoms with Gasteiger partial charge in [0.2, 0.25) is 5.82 Å². The Morgan fingerprint density at radius 2 is 2.06 bits per heavy atom. The fourth-order valence-corrected chi connectivity index (χ4v) is 3.89. The van der Waals surface area contributed by atoms with Gasteiger partial charge in [-0.2, -0.15) is 9.90 Å². The lowest BCUT2D eigenvalue weighted by Gasteiger charge is -2.21. The van der Waals surface area contributed by atoms with E-state index in [0.717, 1.165) is 10.9 Å². The number of hydrogen-bond acceptors (Lipinski definition) is 9. The minimum atomic E-state index is -0.365. The zero-order chi connectivity index (χ0) is 23.1. The molecular weight excluding hydrogens is 422 g/mol. The fourth-order valence-electron chi connectivity index (χ4n) is 3.89. The van der Waals surface area contributed by atoms with Crippen molar-refractivity contribution in [1.29, 1.82) is 0 Å². The molecule has 1 aromatic carbocycles. The van der Waals surface area contributed by atoms with E-state index in [1.54, 1.807) is 23.9 Å². The largest absolute Gasteiger partial charge is 0.383 e. The van der Waals surface area contributed by atoms with E-state index in [1.807, 2.05) is 38.1 Å². The van der Waals surface area contributed by atoms with Gasteiger partial charge in [-0.1, -0.05) is 18.2 Å². The van der Waals surface area contributed by atoms with Gasteiger partial charge in [0.05, 0.1) is 30.4 Å².